The summed E-state index contributed by atoms with van der Waals surface area (Å²) in [7, 11) is 0. The molecular formula is C29H34O. The van der Waals surface area contributed by atoms with Crippen LogP contribution in [-0.2, 0) is 11.2 Å². The Morgan fingerprint density at radius 3 is 1.80 bits per heavy atom. The van der Waals surface area contributed by atoms with E-state index in [0.29, 0.717) is 5.78 Å². The first kappa shape index (κ1) is 20.8. The molecule has 0 spiro atoms. The van der Waals surface area contributed by atoms with E-state index in [-0.39, 0.29) is 0 Å². The molecule has 0 aliphatic carbocycles. The quantitative estimate of drug-likeness (QED) is 0.172. The molecule has 0 N–H and O–H groups in total. The molecule has 0 aliphatic rings. The summed E-state index contributed by atoms with van der Waals surface area (Å²) in [4.78, 5) is 10.9. The van der Waals surface area contributed by atoms with Crippen molar-refractivity contribution in [1.29, 1.82) is 0 Å². The maximum absolute atomic E-state index is 10.9. The first-order chi connectivity index (χ1) is 14.7. The fourth-order valence-electron chi connectivity index (χ4n) is 4.94. The van der Waals surface area contributed by atoms with Gasteiger partial charge in [0, 0.05) is 6.42 Å². The molecule has 1 nitrogen and oxygen atoms in total. The standard InChI is InChI=1S/C29H34O/c1-22(30)12-9-7-5-3-2-4-6-8-10-13-23-16-17-26-19-18-24-14-11-15-25-20-21-27(23)29(26)28(24)25/h11,14-21H,2-10,12-13H2,1H3. The molecule has 4 rings (SSSR count). The van der Waals surface area contributed by atoms with E-state index in [0.717, 1.165) is 12.8 Å². The van der Waals surface area contributed by atoms with Crippen LogP contribution >= 0.6 is 0 Å². The third kappa shape index (κ3) is 4.83. The Morgan fingerprint density at radius 1 is 0.600 bits per heavy atom. The number of rotatable bonds is 12. The van der Waals surface area contributed by atoms with E-state index in [4.69, 9.17) is 0 Å². The van der Waals surface area contributed by atoms with Gasteiger partial charge in [-0.1, -0.05) is 99.5 Å². The van der Waals surface area contributed by atoms with Gasteiger partial charge >= 0.3 is 0 Å². The molecule has 4 aromatic rings. The molecule has 0 amide bonds. The van der Waals surface area contributed by atoms with Crippen LogP contribution in [0.4, 0.5) is 0 Å². The summed E-state index contributed by atoms with van der Waals surface area (Å²) in [5.41, 5.74) is 1.51. The van der Waals surface area contributed by atoms with E-state index >= 15 is 0 Å². The molecule has 0 saturated heterocycles. The lowest BCUT2D eigenvalue weighted by Gasteiger charge is -2.14. The van der Waals surface area contributed by atoms with Crippen molar-refractivity contribution in [2.75, 3.05) is 0 Å². The number of hydrogen-bond donors (Lipinski definition) is 0. The molecule has 0 fully saturated rings. The molecule has 0 aromatic heterocycles. The van der Waals surface area contributed by atoms with Crippen molar-refractivity contribution in [3.05, 3.63) is 60.2 Å². The summed E-state index contributed by atoms with van der Waals surface area (Å²) in [6.07, 6.45) is 13.5. The maximum Gasteiger partial charge on any atom is 0.129 e. The number of carbonyl (C=O) groups excluding carboxylic acids is 1. The molecule has 0 saturated carbocycles. The second kappa shape index (κ2) is 10.1. The van der Waals surface area contributed by atoms with E-state index in [9.17, 15) is 4.79 Å². The number of ketones is 1. The van der Waals surface area contributed by atoms with Gasteiger partial charge in [0.15, 0.2) is 0 Å². The van der Waals surface area contributed by atoms with Crippen molar-refractivity contribution in [3.63, 3.8) is 0 Å². The Labute approximate surface area is 180 Å². The van der Waals surface area contributed by atoms with Crippen LogP contribution in [0.2, 0.25) is 0 Å². The minimum Gasteiger partial charge on any atom is -0.300 e. The Balaban J connectivity index is 1.26. The van der Waals surface area contributed by atoms with Crippen LogP contribution in [0.25, 0.3) is 32.3 Å². The zero-order valence-corrected chi connectivity index (χ0v) is 18.4. The summed E-state index contributed by atoms with van der Waals surface area (Å²) in [6.45, 7) is 1.70. The van der Waals surface area contributed by atoms with E-state index in [1.807, 2.05) is 0 Å². The van der Waals surface area contributed by atoms with E-state index in [1.165, 1.54) is 95.7 Å². The largest absolute Gasteiger partial charge is 0.300 e. The molecule has 0 aliphatic heterocycles. The molecule has 0 unspecified atom stereocenters. The molecule has 30 heavy (non-hydrogen) atoms. The molecule has 0 heterocycles. The van der Waals surface area contributed by atoms with Crippen LogP contribution in [0.5, 0.6) is 0 Å². The molecule has 0 bridgehead atoms. The summed E-state index contributed by atoms with van der Waals surface area (Å²) in [6, 6.07) is 20.5. The van der Waals surface area contributed by atoms with Crippen LogP contribution in [-0.4, -0.2) is 5.78 Å². The van der Waals surface area contributed by atoms with Crippen LogP contribution in [0.3, 0.4) is 0 Å². The molecular weight excluding hydrogens is 364 g/mol. The summed E-state index contributed by atoms with van der Waals surface area (Å²) >= 11 is 0. The fraction of sp³-hybridized carbons (Fsp3) is 0.414. The van der Waals surface area contributed by atoms with Crippen LogP contribution in [0.15, 0.2) is 54.6 Å². The molecule has 4 aromatic carbocycles. The van der Waals surface area contributed by atoms with E-state index < -0.39 is 0 Å². The van der Waals surface area contributed by atoms with Crippen molar-refractivity contribution in [1.82, 2.24) is 0 Å². The lowest BCUT2D eigenvalue weighted by atomic mass is 9.90. The Hall–Kier alpha value is -2.41. The van der Waals surface area contributed by atoms with Crippen molar-refractivity contribution < 1.29 is 4.79 Å². The van der Waals surface area contributed by atoms with Gasteiger partial charge in [-0.3, -0.25) is 0 Å². The molecule has 1 heteroatoms. The Bertz CT molecular complexity index is 1090. The van der Waals surface area contributed by atoms with Crippen LogP contribution < -0.4 is 0 Å². The normalized spacial score (nSPS) is 11.8. The highest BCUT2D eigenvalue weighted by Gasteiger charge is 2.10. The zero-order chi connectivity index (χ0) is 20.8. The molecule has 156 valence electrons. The summed E-state index contributed by atoms with van der Waals surface area (Å²) in [5, 5.41) is 8.39. The SMILES string of the molecule is CC(=O)CCCCCCCCCCCc1ccc2ccc3cccc4ccc1c2c34. The highest BCUT2D eigenvalue weighted by Crippen LogP contribution is 2.36. The van der Waals surface area contributed by atoms with Crippen molar-refractivity contribution in [3.8, 4) is 0 Å². The highest BCUT2D eigenvalue weighted by atomic mass is 16.1. The first-order valence-corrected chi connectivity index (χ1v) is 11.9. The van der Waals surface area contributed by atoms with Gasteiger partial charge in [-0.15, -0.1) is 0 Å². The van der Waals surface area contributed by atoms with Crippen molar-refractivity contribution >= 4 is 38.1 Å². The monoisotopic (exact) mass is 398 g/mol. The van der Waals surface area contributed by atoms with Gasteiger partial charge in [-0.25, -0.2) is 0 Å². The van der Waals surface area contributed by atoms with Gasteiger partial charge in [-0.2, -0.15) is 0 Å². The number of unbranched alkanes of at least 4 members (excludes halogenated alkanes) is 8. The fourth-order valence-corrected chi connectivity index (χ4v) is 4.94. The van der Waals surface area contributed by atoms with Gasteiger partial charge < -0.3 is 4.79 Å². The summed E-state index contributed by atoms with van der Waals surface area (Å²) < 4.78 is 0. The van der Waals surface area contributed by atoms with Crippen molar-refractivity contribution in [2.45, 2.75) is 77.6 Å². The number of aryl methyl sites for hydroxylation is 1. The Kier molecular flexibility index (Phi) is 7.00. The number of hydrogen-bond acceptors (Lipinski definition) is 1. The number of Topliss-reactive ketones (excluding diaryl/α,β-unsaturated/α-hetero) is 1. The maximum atomic E-state index is 10.9. The lowest BCUT2D eigenvalue weighted by Crippen LogP contribution is -1.91. The smallest absolute Gasteiger partial charge is 0.129 e. The predicted molar refractivity (Wildman–Crippen MR) is 131 cm³/mol. The lowest BCUT2D eigenvalue weighted by molar-refractivity contribution is -0.117. The third-order valence-electron chi connectivity index (χ3n) is 6.59. The molecule has 0 radical (unpaired) electrons. The van der Waals surface area contributed by atoms with Gasteiger partial charge in [-0.05, 0) is 64.1 Å². The Morgan fingerprint density at radius 2 is 1.13 bits per heavy atom. The topological polar surface area (TPSA) is 17.1 Å². The van der Waals surface area contributed by atoms with Gasteiger partial charge in [0.1, 0.15) is 5.78 Å². The minimum absolute atomic E-state index is 0.333. The average Bonchev–Trinajstić information content (AvgIpc) is 2.76. The number of carbonyl (C=O) groups is 1. The van der Waals surface area contributed by atoms with Crippen LogP contribution in [0.1, 0.15) is 76.7 Å². The van der Waals surface area contributed by atoms with E-state index in [2.05, 4.69) is 54.6 Å². The van der Waals surface area contributed by atoms with E-state index in [1.54, 1.807) is 6.92 Å². The van der Waals surface area contributed by atoms with Crippen molar-refractivity contribution in [2.24, 2.45) is 0 Å². The minimum atomic E-state index is 0.333. The second-order valence-corrected chi connectivity index (χ2v) is 8.96. The van der Waals surface area contributed by atoms with Gasteiger partial charge in [0.05, 0.1) is 0 Å². The van der Waals surface area contributed by atoms with Gasteiger partial charge in [0.25, 0.3) is 0 Å². The predicted octanol–water partition coefficient (Wildman–Crippen LogP) is 8.62. The zero-order valence-electron chi connectivity index (χ0n) is 18.4. The third-order valence-corrected chi connectivity index (χ3v) is 6.59. The van der Waals surface area contributed by atoms with Crippen LogP contribution in [0, 0.1) is 0 Å². The highest BCUT2D eigenvalue weighted by molar-refractivity contribution is 6.23. The van der Waals surface area contributed by atoms with Gasteiger partial charge in [0.2, 0.25) is 0 Å². The first-order valence-electron chi connectivity index (χ1n) is 11.9. The summed E-state index contributed by atoms with van der Waals surface area (Å²) in [5.74, 6) is 0.333. The average molecular weight is 399 g/mol. The molecule has 0 atom stereocenters. The number of benzene rings is 4. The second-order valence-electron chi connectivity index (χ2n) is 8.96.